The number of aromatic nitrogens is 4. The second-order valence-corrected chi connectivity index (χ2v) is 3.49. The highest BCUT2D eigenvalue weighted by Crippen LogP contribution is 2.06. The summed E-state index contributed by atoms with van der Waals surface area (Å²) in [5.41, 5.74) is 1.11. The summed E-state index contributed by atoms with van der Waals surface area (Å²) in [4.78, 5) is 3.99. The number of H-pyrrole nitrogens is 1. The van der Waals surface area contributed by atoms with Crippen LogP contribution in [0.1, 0.15) is 18.7 Å². The third kappa shape index (κ3) is 2.66. The Hall–Kier alpha value is -1.62. The maximum atomic E-state index is 3.99. The zero-order valence-corrected chi connectivity index (χ0v) is 8.72. The lowest BCUT2D eigenvalue weighted by Crippen LogP contribution is -2.23. The maximum absolute atomic E-state index is 3.99. The van der Waals surface area contributed by atoms with Crippen LogP contribution in [0.15, 0.2) is 31.0 Å². The first-order valence-electron chi connectivity index (χ1n) is 5.04. The zero-order chi connectivity index (χ0) is 10.5. The van der Waals surface area contributed by atoms with Crippen LogP contribution in [0.5, 0.6) is 0 Å². The van der Waals surface area contributed by atoms with Crippen LogP contribution in [-0.2, 0) is 6.54 Å². The van der Waals surface area contributed by atoms with Crippen LogP contribution in [0.25, 0.3) is 0 Å². The molecule has 2 heterocycles. The van der Waals surface area contributed by atoms with E-state index in [0.717, 1.165) is 18.8 Å². The first-order valence-corrected chi connectivity index (χ1v) is 5.04. The highest BCUT2D eigenvalue weighted by molar-refractivity contribution is 5.02. The Kier molecular flexibility index (Phi) is 3.14. The highest BCUT2D eigenvalue weighted by Gasteiger charge is 2.04. The summed E-state index contributed by atoms with van der Waals surface area (Å²) in [6, 6.07) is 2.28. The van der Waals surface area contributed by atoms with Crippen LogP contribution in [0.4, 0.5) is 0 Å². The number of aromatic amines is 1. The SMILES string of the molecule is CC(NCCn1ccnc1)c1ccn[nH]1. The van der Waals surface area contributed by atoms with Crippen LogP contribution in [0.2, 0.25) is 0 Å². The standard InChI is InChI=1S/C10H15N5/c1-9(10-2-3-13-14-10)12-5-7-15-6-4-11-8-15/h2-4,6,8-9,12H,5,7H2,1H3,(H,13,14). The molecule has 0 aliphatic carbocycles. The minimum absolute atomic E-state index is 0.302. The molecule has 0 saturated heterocycles. The van der Waals surface area contributed by atoms with E-state index in [0.29, 0.717) is 6.04 Å². The maximum Gasteiger partial charge on any atom is 0.0946 e. The van der Waals surface area contributed by atoms with Gasteiger partial charge in [0.25, 0.3) is 0 Å². The summed E-state index contributed by atoms with van der Waals surface area (Å²) in [5, 5.41) is 10.3. The van der Waals surface area contributed by atoms with Gasteiger partial charge in [0.1, 0.15) is 0 Å². The monoisotopic (exact) mass is 205 g/mol. The van der Waals surface area contributed by atoms with E-state index in [1.807, 2.05) is 23.2 Å². The van der Waals surface area contributed by atoms with Crippen molar-refractivity contribution in [1.29, 1.82) is 0 Å². The number of imidazole rings is 1. The smallest absolute Gasteiger partial charge is 0.0946 e. The van der Waals surface area contributed by atoms with E-state index < -0.39 is 0 Å². The van der Waals surface area contributed by atoms with E-state index in [1.165, 1.54) is 0 Å². The van der Waals surface area contributed by atoms with Crippen molar-refractivity contribution in [3.8, 4) is 0 Å². The van der Waals surface area contributed by atoms with E-state index in [2.05, 4.69) is 27.4 Å². The van der Waals surface area contributed by atoms with Crippen molar-refractivity contribution in [2.75, 3.05) is 6.54 Å². The predicted molar refractivity (Wildman–Crippen MR) is 57.2 cm³/mol. The third-order valence-corrected chi connectivity index (χ3v) is 2.37. The Morgan fingerprint density at radius 3 is 3.13 bits per heavy atom. The van der Waals surface area contributed by atoms with Gasteiger partial charge in [-0.25, -0.2) is 4.98 Å². The molecule has 2 aromatic heterocycles. The molecule has 0 saturated carbocycles. The lowest BCUT2D eigenvalue weighted by molar-refractivity contribution is 0.522. The lowest BCUT2D eigenvalue weighted by Gasteiger charge is -2.11. The summed E-state index contributed by atoms with van der Waals surface area (Å²) >= 11 is 0. The van der Waals surface area contributed by atoms with Gasteiger partial charge in [0, 0.05) is 37.7 Å². The van der Waals surface area contributed by atoms with E-state index in [1.54, 1.807) is 12.4 Å². The average Bonchev–Trinajstić information content (AvgIpc) is 2.90. The number of nitrogens with zero attached hydrogens (tertiary/aromatic N) is 3. The molecule has 1 unspecified atom stereocenters. The fraction of sp³-hybridized carbons (Fsp3) is 0.400. The molecular weight excluding hydrogens is 190 g/mol. The summed E-state index contributed by atoms with van der Waals surface area (Å²) < 4.78 is 2.05. The van der Waals surface area contributed by atoms with E-state index in [9.17, 15) is 0 Å². The number of hydrogen-bond acceptors (Lipinski definition) is 3. The Morgan fingerprint density at radius 1 is 1.53 bits per heavy atom. The Balaban J connectivity index is 1.74. The zero-order valence-electron chi connectivity index (χ0n) is 8.72. The summed E-state index contributed by atoms with van der Waals surface area (Å²) in [6.07, 6.45) is 7.34. The van der Waals surface area contributed by atoms with Crippen LogP contribution >= 0.6 is 0 Å². The summed E-state index contributed by atoms with van der Waals surface area (Å²) in [6.45, 7) is 3.95. The van der Waals surface area contributed by atoms with Crippen molar-refractivity contribution < 1.29 is 0 Å². The Morgan fingerprint density at radius 2 is 2.47 bits per heavy atom. The molecule has 2 N–H and O–H groups in total. The fourth-order valence-electron chi connectivity index (χ4n) is 1.45. The molecule has 0 amide bonds. The largest absolute Gasteiger partial charge is 0.336 e. The van der Waals surface area contributed by atoms with Crippen molar-refractivity contribution in [3.63, 3.8) is 0 Å². The molecule has 0 aliphatic heterocycles. The van der Waals surface area contributed by atoms with Gasteiger partial charge >= 0.3 is 0 Å². The third-order valence-electron chi connectivity index (χ3n) is 2.37. The predicted octanol–water partition coefficient (Wildman–Crippen LogP) is 0.957. The number of nitrogens with one attached hydrogen (secondary N) is 2. The van der Waals surface area contributed by atoms with E-state index >= 15 is 0 Å². The summed E-state index contributed by atoms with van der Waals surface area (Å²) in [7, 11) is 0. The second kappa shape index (κ2) is 4.75. The molecular formula is C10H15N5. The summed E-state index contributed by atoms with van der Waals surface area (Å²) in [5.74, 6) is 0. The molecule has 0 aromatic carbocycles. The molecule has 2 aromatic rings. The van der Waals surface area contributed by atoms with Gasteiger partial charge in [-0.2, -0.15) is 5.10 Å². The first kappa shape index (κ1) is 9.92. The molecule has 15 heavy (non-hydrogen) atoms. The molecule has 0 radical (unpaired) electrons. The Bertz CT molecular complexity index is 364. The normalized spacial score (nSPS) is 12.9. The van der Waals surface area contributed by atoms with Crippen LogP contribution in [0, 0.1) is 0 Å². The van der Waals surface area contributed by atoms with Gasteiger partial charge in [-0.05, 0) is 13.0 Å². The lowest BCUT2D eigenvalue weighted by atomic mass is 10.2. The van der Waals surface area contributed by atoms with Crippen LogP contribution in [-0.4, -0.2) is 26.3 Å². The van der Waals surface area contributed by atoms with Gasteiger partial charge in [-0.1, -0.05) is 0 Å². The topological polar surface area (TPSA) is 58.5 Å². The van der Waals surface area contributed by atoms with Crippen molar-refractivity contribution in [1.82, 2.24) is 25.1 Å². The highest BCUT2D eigenvalue weighted by atomic mass is 15.1. The minimum Gasteiger partial charge on any atom is -0.336 e. The quantitative estimate of drug-likeness (QED) is 0.764. The number of hydrogen-bond donors (Lipinski definition) is 2. The van der Waals surface area contributed by atoms with Crippen LogP contribution in [0.3, 0.4) is 0 Å². The van der Waals surface area contributed by atoms with Crippen molar-refractivity contribution >= 4 is 0 Å². The van der Waals surface area contributed by atoms with Crippen molar-refractivity contribution in [2.24, 2.45) is 0 Å². The molecule has 80 valence electrons. The van der Waals surface area contributed by atoms with Gasteiger partial charge in [0.2, 0.25) is 0 Å². The molecule has 0 fully saturated rings. The molecule has 0 bridgehead atoms. The minimum atomic E-state index is 0.302. The van der Waals surface area contributed by atoms with Gasteiger partial charge in [-0.3, -0.25) is 5.10 Å². The Labute approximate surface area is 88.5 Å². The molecule has 5 nitrogen and oxygen atoms in total. The molecule has 0 spiro atoms. The van der Waals surface area contributed by atoms with E-state index in [4.69, 9.17) is 0 Å². The first-order chi connectivity index (χ1) is 7.36. The van der Waals surface area contributed by atoms with Gasteiger partial charge in [0.05, 0.1) is 12.0 Å². The van der Waals surface area contributed by atoms with Crippen molar-refractivity contribution in [2.45, 2.75) is 19.5 Å². The van der Waals surface area contributed by atoms with Crippen LogP contribution < -0.4 is 5.32 Å². The van der Waals surface area contributed by atoms with Crippen molar-refractivity contribution in [3.05, 3.63) is 36.7 Å². The van der Waals surface area contributed by atoms with Gasteiger partial charge in [-0.15, -0.1) is 0 Å². The average molecular weight is 205 g/mol. The molecule has 5 heteroatoms. The van der Waals surface area contributed by atoms with Gasteiger partial charge < -0.3 is 9.88 Å². The molecule has 2 rings (SSSR count). The molecule has 0 aliphatic rings. The molecule has 1 atom stereocenters. The number of rotatable bonds is 5. The van der Waals surface area contributed by atoms with E-state index in [-0.39, 0.29) is 0 Å². The van der Waals surface area contributed by atoms with Gasteiger partial charge in [0.15, 0.2) is 0 Å². The second-order valence-electron chi connectivity index (χ2n) is 3.49. The fourth-order valence-corrected chi connectivity index (χ4v) is 1.45.